The van der Waals surface area contributed by atoms with Crippen molar-refractivity contribution >= 4 is 17.0 Å². The lowest BCUT2D eigenvalue weighted by Gasteiger charge is -2.45. The molecule has 3 aromatic rings. The average molecular weight is 427 g/mol. The second-order valence-electron chi connectivity index (χ2n) is 8.83. The van der Waals surface area contributed by atoms with E-state index >= 15 is 0 Å². The molecule has 2 fully saturated rings. The molecule has 2 aliphatic rings. The zero-order chi connectivity index (χ0) is 21.6. The highest BCUT2D eigenvalue weighted by atomic mass is 19.1. The normalized spacial score (nSPS) is 22.9. The Morgan fingerprint density at radius 3 is 2.71 bits per heavy atom. The van der Waals surface area contributed by atoms with E-state index in [-0.39, 0.29) is 29.3 Å². The van der Waals surface area contributed by atoms with Gasteiger partial charge in [0.15, 0.2) is 17.3 Å². The van der Waals surface area contributed by atoms with Gasteiger partial charge >= 0.3 is 5.97 Å². The Labute approximate surface area is 177 Å². The number of aliphatic carboxylic acids is 1. The fraction of sp³-hybridized carbons (Fsp3) is 0.500. The molecule has 2 saturated carbocycles. The number of H-pyrrole nitrogens is 1. The van der Waals surface area contributed by atoms with E-state index in [4.69, 9.17) is 0 Å². The van der Waals surface area contributed by atoms with Crippen molar-refractivity contribution in [2.45, 2.75) is 51.4 Å². The highest BCUT2D eigenvalue weighted by Gasteiger charge is 2.49. The molecule has 0 saturated heterocycles. The van der Waals surface area contributed by atoms with Crippen molar-refractivity contribution in [2.75, 3.05) is 0 Å². The number of nitrogens with one attached hydrogen (secondary N) is 1. The molecule has 31 heavy (non-hydrogen) atoms. The van der Waals surface area contributed by atoms with E-state index in [0.29, 0.717) is 23.1 Å². The zero-order valence-electron chi connectivity index (χ0n) is 16.9. The molecule has 0 aromatic carbocycles. The highest BCUT2D eigenvalue weighted by Crippen LogP contribution is 2.55. The van der Waals surface area contributed by atoms with Crippen LogP contribution >= 0.6 is 0 Å². The summed E-state index contributed by atoms with van der Waals surface area (Å²) in [6, 6.07) is 1.28. The molecule has 3 heterocycles. The van der Waals surface area contributed by atoms with Gasteiger partial charge in [0.05, 0.1) is 29.4 Å². The number of pyridine rings is 1. The van der Waals surface area contributed by atoms with Crippen LogP contribution in [0.3, 0.4) is 0 Å². The first-order chi connectivity index (χ1) is 15.0. The third-order valence-electron chi connectivity index (χ3n) is 7.21. The minimum absolute atomic E-state index is 0.0629. The van der Waals surface area contributed by atoms with Crippen molar-refractivity contribution in [1.82, 2.24) is 25.1 Å². The van der Waals surface area contributed by atoms with Crippen LogP contribution in [0.5, 0.6) is 0 Å². The third-order valence-corrected chi connectivity index (χ3v) is 7.21. The van der Waals surface area contributed by atoms with Gasteiger partial charge in [-0.3, -0.25) is 9.89 Å². The monoisotopic (exact) mass is 427 g/mol. The number of rotatable bonds is 4. The van der Waals surface area contributed by atoms with Crippen LogP contribution in [-0.2, 0) is 11.2 Å². The van der Waals surface area contributed by atoms with Gasteiger partial charge in [0.1, 0.15) is 11.5 Å². The standard InChI is InChI=1S/C22H23F2N5O2/c23-12-8-14-18(28-29-19(14)25-10-12)20-26-11-16(24)17(27-20)9-15-13(21(30)31)4-3-7-22(15)5-1-2-6-22/h8,10-11,13,15H,1-7,9H2,(H,30,31)(H,25,28,29)/t13-,15-/m0/s1. The Kier molecular flexibility index (Phi) is 4.91. The number of fused-ring (bicyclic) bond motifs is 1. The average Bonchev–Trinajstić information content (AvgIpc) is 3.38. The van der Waals surface area contributed by atoms with Crippen molar-refractivity contribution < 1.29 is 18.7 Å². The first-order valence-corrected chi connectivity index (χ1v) is 10.7. The molecular formula is C22H23F2N5O2. The van der Waals surface area contributed by atoms with Crippen LogP contribution in [0, 0.1) is 28.9 Å². The number of hydrogen-bond acceptors (Lipinski definition) is 5. The lowest BCUT2D eigenvalue weighted by atomic mass is 9.59. The quantitative estimate of drug-likeness (QED) is 0.643. The van der Waals surface area contributed by atoms with Gasteiger partial charge in [-0.25, -0.2) is 23.7 Å². The van der Waals surface area contributed by atoms with E-state index in [0.717, 1.165) is 50.9 Å². The highest BCUT2D eigenvalue weighted by molar-refractivity contribution is 5.88. The second-order valence-corrected chi connectivity index (χ2v) is 8.83. The van der Waals surface area contributed by atoms with E-state index in [1.165, 1.54) is 6.07 Å². The predicted molar refractivity (Wildman–Crippen MR) is 108 cm³/mol. The van der Waals surface area contributed by atoms with Crippen molar-refractivity contribution in [3.63, 3.8) is 0 Å². The summed E-state index contributed by atoms with van der Waals surface area (Å²) in [6.07, 6.45) is 9.03. The number of carbonyl (C=O) groups is 1. The van der Waals surface area contributed by atoms with Gasteiger partial charge in [0, 0.05) is 0 Å². The first kappa shape index (κ1) is 20.0. The molecule has 3 aromatic heterocycles. The molecule has 0 amide bonds. The Bertz CT molecular complexity index is 1140. The zero-order valence-corrected chi connectivity index (χ0v) is 16.9. The molecule has 162 valence electrons. The molecular weight excluding hydrogens is 404 g/mol. The van der Waals surface area contributed by atoms with E-state index < -0.39 is 23.5 Å². The number of carboxylic acid groups (broad SMARTS) is 1. The Hall–Kier alpha value is -2.97. The molecule has 9 heteroatoms. The van der Waals surface area contributed by atoms with Gasteiger partial charge in [-0.1, -0.05) is 19.3 Å². The van der Waals surface area contributed by atoms with Crippen LogP contribution in [-0.4, -0.2) is 36.2 Å². The van der Waals surface area contributed by atoms with Crippen LogP contribution in [0.4, 0.5) is 8.78 Å². The maximum atomic E-state index is 14.8. The maximum absolute atomic E-state index is 14.8. The van der Waals surface area contributed by atoms with Crippen LogP contribution < -0.4 is 0 Å². The lowest BCUT2D eigenvalue weighted by Crippen LogP contribution is -2.42. The third kappa shape index (κ3) is 3.45. The summed E-state index contributed by atoms with van der Waals surface area (Å²) in [5, 5.41) is 17.1. The number of aromatic nitrogens is 5. The van der Waals surface area contributed by atoms with Crippen LogP contribution in [0.1, 0.15) is 50.6 Å². The number of nitrogens with zero attached hydrogens (tertiary/aromatic N) is 4. The molecule has 0 unspecified atom stereocenters. The van der Waals surface area contributed by atoms with Gasteiger partial charge in [-0.15, -0.1) is 0 Å². The van der Waals surface area contributed by atoms with Crippen LogP contribution in [0.2, 0.25) is 0 Å². The molecule has 2 atom stereocenters. The molecule has 0 bridgehead atoms. The summed E-state index contributed by atoms with van der Waals surface area (Å²) in [4.78, 5) is 24.5. The Morgan fingerprint density at radius 2 is 1.94 bits per heavy atom. The van der Waals surface area contributed by atoms with Crippen molar-refractivity contribution in [2.24, 2.45) is 17.3 Å². The molecule has 0 radical (unpaired) electrons. The summed E-state index contributed by atoms with van der Waals surface area (Å²) in [7, 11) is 0. The van der Waals surface area contributed by atoms with Crippen molar-refractivity contribution in [1.29, 1.82) is 0 Å². The largest absolute Gasteiger partial charge is 0.481 e. The maximum Gasteiger partial charge on any atom is 0.306 e. The first-order valence-electron chi connectivity index (χ1n) is 10.7. The summed E-state index contributed by atoms with van der Waals surface area (Å²) < 4.78 is 28.5. The van der Waals surface area contributed by atoms with Crippen LogP contribution in [0.25, 0.3) is 22.6 Å². The summed E-state index contributed by atoms with van der Waals surface area (Å²) in [6.45, 7) is 0. The van der Waals surface area contributed by atoms with Crippen molar-refractivity contribution in [3.05, 3.63) is 35.8 Å². The number of aromatic amines is 1. The summed E-state index contributed by atoms with van der Waals surface area (Å²) >= 11 is 0. The minimum Gasteiger partial charge on any atom is -0.481 e. The topological polar surface area (TPSA) is 105 Å². The second kappa shape index (κ2) is 7.62. The molecule has 2 aliphatic carbocycles. The van der Waals surface area contributed by atoms with Gasteiger partial charge in [0.25, 0.3) is 0 Å². The Morgan fingerprint density at radius 1 is 1.16 bits per heavy atom. The summed E-state index contributed by atoms with van der Waals surface area (Å²) in [5.41, 5.74) is 0.805. The van der Waals surface area contributed by atoms with Gasteiger partial charge < -0.3 is 5.11 Å². The molecule has 1 spiro atoms. The van der Waals surface area contributed by atoms with E-state index in [2.05, 4.69) is 25.1 Å². The van der Waals surface area contributed by atoms with Gasteiger partial charge in [-0.05, 0) is 49.5 Å². The number of carboxylic acids is 1. The fourth-order valence-electron chi connectivity index (χ4n) is 5.76. The molecule has 2 N–H and O–H groups in total. The van der Waals surface area contributed by atoms with Gasteiger partial charge in [-0.2, -0.15) is 5.10 Å². The van der Waals surface area contributed by atoms with E-state index in [1.54, 1.807) is 0 Å². The Balaban J connectivity index is 1.54. The van der Waals surface area contributed by atoms with Crippen molar-refractivity contribution in [3.8, 4) is 11.5 Å². The van der Waals surface area contributed by atoms with Crippen LogP contribution in [0.15, 0.2) is 18.5 Å². The smallest absolute Gasteiger partial charge is 0.306 e. The molecule has 5 rings (SSSR count). The predicted octanol–water partition coefficient (Wildman–Crippen LogP) is 4.30. The van der Waals surface area contributed by atoms with E-state index in [9.17, 15) is 18.7 Å². The van der Waals surface area contributed by atoms with E-state index in [1.807, 2.05) is 0 Å². The number of hydrogen-bond donors (Lipinski definition) is 2. The van der Waals surface area contributed by atoms with Gasteiger partial charge in [0.2, 0.25) is 0 Å². The summed E-state index contributed by atoms with van der Waals surface area (Å²) in [5.74, 6) is -2.37. The molecule has 7 nitrogen and oxygen atoms in total. The lowest BCUT2D eigenvalue weighted by molar-refractivity contribution is -0.148. The SMILES string of the molecule is O=C(O)[C@H]1CCCC2(CCCC2)[C@H]1Cc1nc(-c2[nH]nc3ncc(F)cc23)ncc1F. The number of halogens is 2. The minimum atomic E-state index is -0.813. The fourth-order valence-corrected chi connectivity index (χ4v) is 5.76. The molecule has 0 aliphatic heterocycles.